The molecule has 0 bridgehead atoms. The molecule has 14 heavy (non-hydrogen) atoms. The van der Waals surface area contributed by atoms with Crippen LogP contribution in [-0.2, 0) is 4.79 Å². The number of piperidine rings is 1. The van der Waals surface area contributed by atoms with Crippen molar-refractivity contribution in [1.82, 2.24) is 4.90 Å². The second-order valence-electron chi connectivity index (χ2n) is 4.70. The monoisotopic (exact) mass is 199 g/mol. The van der Waals surface area contributed by atoms with E-state index < -0.39 is 6.10 Å². The summed E-state index contributed by atoms with van der Waals surface area (Å²) in [5.74, 6) is 0.643. The van der Waals surface area contributed by atoms with Crippen LogP contribution in [0.2, 0.25) is 0 Å². The van der Waals surface area contributed by atoms with E-state index in [0.29, 0.717) is 0 Å². The molecule has 3 heteroatoms. The SMILES string of the molecule is CC1CCN(C(=O)C(O)C(C)C)CC1. The number of nitrogens with zero attached hydrogens (tertiary/aromatic N) is 1. The molecule has 0 spiro atoms. The molecule has 0 aliphatic carbocycles. The summed E-state index contributed by atoms with van der Waals surface area (Å²) < 4.78 is 0. The summed E-state index contributed by atoms with van der Waals surface area (Å²) in [5.41, 5.74) is 0. The molecule has 1 heterocycles. The maximum atomic E-state index is 11.7. The minimum atomic E-state index is -0.816. The number of carbonyl (C=O) groups excluding carboxylic acids is 1. The number of aliphatic hydroxyl groups is 1. The second-order valence-corrected chi connectivity index (χ2v) is 4.70. The lowest BCUT2D eigenvalue weighted by atomic mass is 9.97. The minimum Gasteiger partial charge on any atom is -0.383 e. The summed E-state index contributed by atoms with van der Waals surface area (Å²) in [6, 6.07) is 0. The maximum Gasteiger partial charge on any atom is 0.251 e. The summed E-state index contributed by atoms with van der Waals surface area (Å²) in [7, 11) is 0. The van der Waals surface area contributed by atoms with Crippen molar-refractivity contribution in [2.75, 3.05) is 13.1 Å². The van der Waals surface area contributed by atoms with Crippen molar-refractivity contribution in [2.24, 2.45) is 11.8 Å². The molecule has 0 radical (unpaired) electrons. The van der Waals surface area contributed by atoms with Gasteiger partial charge in [0.05, 0.1) is 0 Å². The van der Waals surface area contributed by atoms with Gasteiger partial charge in [-0.3, -0.25) is 4.79 Å². The number of aliphatic hydroxyl groups excluding tert-OH is 1. The van der Waals surface area contributed by atoms with E-state index in [2.05, 4.69) is 6.92 Å². The average Bonchev–Trinajstić information content (AvgIpc) is 2.16. The van der Waals surface area contributed by atoms with Crippen LogP contribution < -0.4 is 0 Å². The van der Waals surface area contributed by atoms with Crippen LogP contribution in [0.15, 0.2) is 0 Å². The lowest BCUT2D eigenvalue weighted by Gasteiger charge is -2.32. The Morgan fingerprint density at radius 2 is 1.86 bits per heavy atom. The number of carbonyl (C=O) groups is 1. The van der Waals surface area contributed by atoms with Crippen molar-refractivity contribution >= 4 is 5.91 Å². The third kappa shape index (κ3) is 2.71. The number of amides is 1. The van der Waals surface area contributed by atoms with Crippen molar-refractivity contribution in [3.05, 3.63) is 0 Å². The highest BCUT2D eigenvalue weighted by Crippen LogP contribution is 2.17. The summed E-state index contributed by atoms with van der Waals surface area (Å²) in [6.07, 6.45) is 1.32. The van der Waals surface area contributed by atoms with Gasteiger partial charge < -0.3 is 10.0 Å². The number of hydrogen-bond donors (Lipinski definition) is 1. The normalized spacial score (nSPS) is 21.4. The zero-order valence-corrected chi connectivity index (χ0v) is 9.36. The maximum absolute atomic E-state index is 11.7. The molecular formula is C11H21NO2. The molecule has 1 fully saturated rings. The molecule has 1 amide bonds. The Kier molecular flexibility index (Phi) is 3.93. The van der Waals surface area contributed by atoms with E-state index in [9.17, 15) is 9.90 Å². The highest BCUT2D eigenvalue weighted by Gasteiger charge is 2.27. The second kappa shape index (κ2) is 4.78. The first-order valence-electron chi connectivity index (χ1n) is 5.49. The van der Waals surface area contributed by atoms with Gasteiger partial charge in [0.1, 0.15) is 6.10 Å². The first kappa shape index (κ1) is 11.5. The van der Waals surface area contributed by atoms with Crippen molar-refractivity contribution in [2.45, 2.75) is 39.7 Å². The van der Waals surface area contributed by atoms with E-state index in [1.165, 1.54) is 0 Å². The minimum absolute atomic E-state index is 0.0156. The molecule has 0 aromatic heterocycles. The van der Waals surface area contributed by atoms with Gasteiger partial charge >= 0.3 is 0 Å². The van der Waals surface area contributed by atoms with E-state index in [1.54, 1.807) is 4.90 Å². The van der Waals surface area contributed by atoms with Gasteiger partial charge in [0.25, 0.3) is 5.91 Å². The van der Waals surface area contributed by atoms with E-state index in [0.717, 1.165) is 31.8 Å². The van der Waals surface area contributed by atoms with Gasteiger partial charge in [-0.05, 0) is 24.7 Å². The van der Waals surface area contributed by atoms with Crippen molar-refractivity contribution in [1.29, 1.82) is 0 Å². The van der Waals surface area contributed by atoms with Crippen LogP contribution in [0, 0.1) is 11.8 Å². The molecule has 1 atom stereocenters. The standard InChI is InChI=1S/C11H21NO2/c1-8(2)10(13)11(14)12-6-4-9(3)5-7-12/h8-10,13H,4-7H2,1-3H3. The summed E-state index contributed by atoms with van der Waals surface area (Å²) in [6.45, 7) is 7.57. The third-order valence-electron chi connectivity index (χ3n) is 2.98. The van der Waals surface area contributed by atoms with Gasteiger partial charge in [0.2, 0.25) is 0 Å². The van der Waals surface area contributed by atoms with Crippen molar-refractivity contribution < 1.29 is 9.90 Å². The topological polar surface area (TPSA) is 40.5 Å². The lowest BCUT2D eigenvalue weighted by molar-refractivity contribution is -0.143. The average molecular weight is 199 g/mol. The Morgan fingerprint density at radius 3 is 2.29 bits per heavy atom. The quantitative estimate of drug-likeness (QED) is 0.727. The van der Waals surface area contributed by atoms with Gasteiger partial charge in [-0.2, -0.15) is 0 Å². The lowest BCUT2D eigenvalue weighted by Crippen LogP contribution is -2.45. The molecule has 0 saturated carbocycles. The van der Waals surface area contributed by atoms with Crippen LogP contribution >= 0.6 is 0 Å². The first-order valence-corrected chi connectivity index (χ1v) is 5.49. The van der Waals surface area contributed by atoms with Gasteiger partial charge in [0, 0.05) is 13.1 Å². The fourth-order valence-corrected chi connectivity index (χ4v) is 1.70. The van der Waals surface area contributed by atoms with Crippen LogP contribution in [0.3, 0.4) is 0 Å². The largest absolute Gasteiger partial charge is 0.383 e. The van der Waals surface area contributed by atoms with E-state index in [4.69, 9.17) is 0 Å². The molecule has 3 nitrogen and oxygen atoms in total. The van der Waals surface area contributed by atoms with Crippen LogP contribution in [0.4, 0.5) is 0 Å². The zero-order chi connectivity index (χ0) is 10.7. The summed E-state index contributed by atoms with van der Waals surface area (Å²) in [4.78, 5) is 13.5. The Bertz CT molecular complexity index is 195. The van der Waals surface area contributed by atoms with E-state index in [-0.39, 0.29) is 11.8 Å². The molecule has 0 aromatic rings. The zero-order valence-electron chi connectivity index (χ0n) is 9.36. The van der Waals surface area contributed by atoms with Crippen LogP contribution in [-0.4, -0.2) is 35.1 Å². The molecule has 1 aliphatic rings. The van der Waals surface area contributed by atoms with E-state index in [1.807, 2.05) is 13.8 Å². The highest BCUT2D eigenvalue weighted by atomic mass is 16.3. The Balaban J connectivity index is 2.45. The molecule has 1 saturated heterocycles. The van der Waals surface area contributed by atoms with Crippen molar-refractivity contribution in [3.8, 4) is 0 Å². The number of hydrogen-bond acceptors (Lipinski definition) is 2. The number of likely N-dealkylation sites (tertiary alicyclic amines) is 1. The van der Waals surface area contributed by atoms with Gasteiger partial charge in [-0.25, -0.2) is 0 Å². The summed E-state index contributed by atoms with van der Waals surface area (Å²) in [5, 5.41) is 9.62. The fraction of sp³-hybridized carbons (Fsp3) is 0.909. The first-order chi connectivity index (χ1) is 6.52. The molecule has 0 aromatic carbocycles. The van der Waals surface area contributed by atoms with Gasteiger partial charge in [0.15, 0.2) is 0 Å². The molecule has 82 valence electrons. The van der Waals surface area contributed by atoms with Gasteiger partial charge in [-0.15, -0.1) is 0 Å². The van der Waals surface area contributed by atoms with Crippen LogP contribution in [0.1, 0.15) is 33.6 Å². The molecule has 1 rings (SSSR count). The Labute approximate surface area is 86.1 Å². The Hall–Kier alpha value is -0.570. The predicted molar refractivity (Wildman–Crippen MR) is 55.8 cm³/mol. The summed E-state index contributed by atoms with van der Waals surface area (Å²) >= 11 is 0. The number of rotatable bonds is 2. The van der Waals surface area contributed by atoms with Crippen LogP contribution in [0.5, 0.6) is 0 Å². The van der Waals surface area contributed by atoms with E-state index >= 15 is 0 Å². The fourth-order valence-electron chi connectivity index (χ4n) is 1.70. The predicted octanol–water partition coefficient (Wildman–Crippen LogP) is 1.26. The smallest absolute Gasteiger partial charge is 0.251 e. The van der Waals surface area contributed by atoms with Crippen LogP contribution in [0.25, 0.3) is 0 Å². The van der Waals surface area contributed by atoms with Gasteiger partial charge in [-0.1, -0.05) is 20.8 Å². The Morgan fingerprint density at radius 1 is 1.36 bits per heavy atom. The van der Waals surface area contributed by atoms with Crippen molar-refractivity contribution in [3.63, 3.8) is 0 Å². The highest BCUT2D eigenvalue weighted by molar-refractivity contribution is 5.80. The third-order valence-corrected chi connectivity index (χ3v) is 2.98. The molecule has 1 unspecified atom stereocenters. The molecular weight excluding hydrogens is 178 g/mol. The molecule has 1 N–H and O–H groups in total. The molecule has 1 aliphatic heterocycles.